The van der Waals surface area contributed by atoms with Gasteiger partial charge in [0.15, 0.2) is 5.96 Å². The molecule has 7 nitrogen and oxygen atoms in total. The zero-order chi connectivity index (χ0) is 22.7. The average Bonchev–Trinajstić information content (AvgIpc) is 2.85. The molecule has 0 aromatic heterocycles. The molecule has 0 unspecified atom stereocenters. The summed E-state index contributed by atoms with van der Waals surface area (Å²) in [6, 6.07) is 7.76. The van der Waals surface area contributed by atoms with Crippen molar-refractivity contribution in [2.24, 2.45) is 4.99 Å². The van der Waals surface area contributed by atoms with Crippen LogP contribution < -0.4 is 16.0 Å². The van der Waals surface area contributed by atoms with E-state index in [0.29, 0.717) is 18.7 Å². The van der Waals surface area contributed by atoms with Crippen molar-refractivity contribution in [2.75, 3.05) is 45.9 Å². The molecule has 3 rings (SSSR count). The summed E-state index contributed by atoms with van der Waals surface area (Å²) in [6.45, 7) is 10.8. The predicted octanol–water partition coefficient (Wildman–Crippen LogP) is 2.92. The van der Waals surface area contributed by atoms with E-state index in [-0.39, 0.29) is 11.4 Å². The molecule has 2 aliphatic rings. The number of carbonyl (C=O) groups excluding carboxylic acids is 1. The topological polar surface area (TPSA) is 78.0 Å². The molecule has 1 aliphatic carbocycles. The fraction of sp³-hybridized carbons (Fsp3) is 0.680. The van der Waals surface area contributed by atoms with Gasteiger partial charge in [0, 0.05) is 43.8 Å². The Morgan fingerprint density at radius 2 is 1.88 bits per heavy atom. The van der Waals surface area contributed by atoms with Crippen molar-refractivity contribution >= 4 is 11.9 Å². The van der Waals surface area contributed by atoms with Crippen LogP contribution in [0.25, 0.3) is 0 Å². The molecule has 3 N–H and O–H groups in total. The van der Waals surface area contributed by atoms with Crippen molar-refractivity contribution in [1.29, 1.82) is 0 Å². The highest BCUT2D eigenvalue weighted by atomic mass is 16.5. The highest BCUT2D eigenvalue weighted by molar-refractivity contribution is 5.94. The van der Waals surface area contributed by atoms with Gasteiger partial charge in [-0.2, -0.15) is 0 Å². The van der Waals surface area contributed by atoms with E-state index in [0.717, 1.165) is 57.3 Å². The number of aliphatic imine (C=N–C) groups is 1. The van der Waals surface area contributed by atoms with E-state index >= 15 is 0 Å². The summed E-state index contributed by atoms with van der Waals surface area (Å²) in [5.41, 5.74) is 1.92. The summed E-state index contributed by atoms with van der Waals surface area (Å²) in [4.78, 5) is 19.7. The van der Waals surface area contributed by atoms with E-state index in [2.05, 4.69) is 34.7 Å². The van der Waals surface area contributed by atoms with E-state index in [1.807, 2.05) is 24.3 Å². The first-order valence-corrected chi connectivity index (χ1v) is 12.4. The molecule has 1 aliphatic heterocycles. The predicted molar refractivity (Wildman–Crippen MR) is 130 cm³/mol. The van der Waals surface area contributed by atoms with Gasteiger partial charge in [-0.3, -0.25) is 9.69 Å². The lowest BCUT2D eigenvalue weighted by molar-refractivity contribution is -0.0352. The second-order valence-corrected chi connectivity index (χ2v) is 8.89. The number of benzene rings is 1. The van der Waals surface area contributed by atoms with Gasteiger partial charge >= 0.3 is 0 Å². The minimum Gasteiger partial charge on any atom is -0.379 e. The van der Waals surface area contributed by atoms with Crippen LogP contribution in [-0.2, 0) is 11.3 Å². The highest BCUT2D eigenvalue weighted by Crippen LogP contribution is 2.33. The monoisotopic (exact) mass is 443 g/mol. The van der Waals surface area contributed by atoms with Gasteiger partial charge in [-0.1, -0.05) is 38.3 Å². The molecular weight excluding hydrogens is 402 g/mol. The molecule has 0 radical (unpaired) electrons. The van der Waals surface area contributed by atoms with E-state index in [1.54, 1.807) is 0 Å². The Hall–Kier alpha value is -2.12. The average molecular weight is 444 g/mol. The molecule has 0 bridgehead atoms. The Bertz CT molecular complexity index is 740. The standard InChI is InChI=1S/C25H41N5O2/c1-3-13-27-23(31)22-10-8-9-21(18-22)19-28-24(26-4-2)29-20-25(11-6-5-7-12-25)30-14-16-32-17-15-30/h8-10,18H,3-7,11-17,19-20H2,1-2H3,(H,27,31)(H2,26,28,29). The molecular formula is C25H41N5O2. The first kappa shape index (κ1) is 24.5. The lowest BCUT2D eigenvalue weighted by atomic mass is 9.80. The van der Waals surface area contributed by atoms with Gasteiger partial charge in [-0.15, -0.1) is 0 Å². The number of amides is 1. The molecule has 1 saturated heterocycles. The number of morpholine rings is 1. The summed E-state index contributed by atoms with van der Waals surface area (Å²) < 4.78 is 5.61. The van der Waals surface area contributed by atoms with E-state index in [1.165, 1.54) is 32.1 Å². The van der Waals surface area contributed by atoms with Crippen molar-refractivity contribution in [3.8, 4) is 0 Å². The van der Waals surface area contributed by atoms with Crippen molar-refractivity contribution in [3.63, 3.8) is 0 Å². The molecule has 0 spiro atoms. The maximum Gasteiger partial charge on any atom is 0.251 e. The second kappa shape index (κ2) is 12.8. The van der Waals surface area contributed by atoms with Gasteiger partial charge in [-0.05, 0) is 43.9 Å². The summed E-state index contributed by atoms with van der Waals surface area (Å²) in [5, 5.41) is 9.98. The second-order valence-electron chi connectivity index (χ2n) is 8.89. The van der Waals surface area contributed by atoms with Crippen molar-refractivity contribution in [3.05, 3.63) is 35.4 Å². The number of hydrogen-bond acceptors (Lipinski definition) is 4. The normalized spacial score (nSPS) is 19.4. The van der Waals surface area contributed by atoms with Gasteiger partial charge in [0.25, 0.3) is 5.91 Å². The highest BCUT2D eigenvalue weighted by Gasteiger charge is 2.38. The fourth-order valence-corrected chi connectivity index (χ4v) is 4.76. The number of nitrogens with one attached hydrogen (secondary N) is 3. The van der Waals surface area contributed by atoms with Crippen LogP contribution in [0.1, 0.15) is 68.3 Å². The van der Waals surface area contributed by atoms with E-state index in [4.69, 9.17) is 9.73 Å². The molecule has 0 atom stereocenters. The third-order valence-corrected chi connectivity index (χ3v) is 6.54. The lowest BCUT2D eigenvalue weighted by Gasteiger charge is -2.48. The molecule has 2 fully saturated rings. The number of carbonyl (C=O) groups is 1. The number of nitrogens with zero attached hydrogens (tertiary/aromatic N) is 2. The Morgan fingerprint density at radius 3 is 2.59 bits per heavy atom. The largest absolute Gasteiger partial charge is 0.379 e. The smallest absolute Gasteiger partial charge is 0.251 e. The molecule has 7 heteroatoms. The summed E-state index contributed by atoms with van der Waals surface area (Å²) >= 11 is 0. The quantitative estimate of drug-likeness (QED) is 0.404. The Morgan fingerprint density at radius 1 is 1.09 bits per heavy atom. The lowest BCUT2D eigenvalue weighted by Crippen LogP contribution is -2.60. The van der Waals surface area contributed by atoms with Crippen LogP contribution in [0, 0.1) is 0 Å². The van der Waals surface area contributed by atoms with Crippen molar-refractivity contribution in [1.82, 2.24) is 20.9 Å². The Labute approximate surface area is 193 Å². The Kier molecular flexibility index (Phi) is 9.81. The fourth-order valence-electron chi connectivity index (χ4n) is 4.76. The maximum absolute atomic E-state index is 12.3. The van der Waals surface area contributed by atoms with Gasteiger partial charge in [-0.25, -0.2) is 4.99 Å². The zero-order valence-electron chi connectivity index (χ0n) is 19.9. The number of guanidine groups is 1. The molecule has 32 heavy (non-hydrogen) atoms. The van der Waals surface area contributed by atoms with Crippen LogP contribution in [-0.4, -0.2) is 68.2 Å². The van der Waals surface area contributed by atoms with Crippen LogP contribution in [0.15, 0.2) is 29.3 Å². The van der Waals surface area contributed by atoms with Crippen LogP contribution in [0.4, 0.5) is 0 Å². The first-order chi connectivity index (χ1) is 15.7. The third-order valence-electron chi connectivity index (χ3n) is 6.54. The molecule has 1 aromatic carbocycles. The van der Waals surface area contributed by atoms with Crippen LogP contribution >= 0.6 is 0 Å². The summed E-state index contributed by atoms with van der Waals surface area (Å²) in [6.07, 6.45) is 7.31. The zero-order valence-corrected chi connectivity index (χ0v) is 19.9. The van der Waals surface area contributed by atoms with E-state index in [9.17, 15) is 4.79 Å². The van der Waals surface area contributed by atoms with E-state index < -0.39 is 0 Å². The van der Waals surface area contributed by atoms with Gasteiger partial charge in [0.05, 0.1) is 19.8 Å². The molecule has 1 aromatic rings. The minimum absolute atomic E-state index is 0.0209. The van der Waals surface area contributed by atoms with Gasteiger partial charge < -0.3 is 20.7 Å². The summed E-state index contributed by atoms with van der Waals surface area (Å²) in [7, 11) is 0. The van der Waals surface area contributed by atoms with Crippen molar-refractivity contribution < 1.29 is 9.53 Å². The van der Waals surface area contributed by atoms with Gasteiger partial charge in [0.2, 0.25) is 0 Å². The number of rotatable bonds is 9. The maximum atomic E-state index is 12.3. The first-order valence-electron chi connectivity index (χ1n) is 12.4. The summed E-state index contributed by atoms with van der Waals surface area (Å²) in [5.74, 6) is 0.819. The molecule has 1 saturated carbocycles. The number of hydrogen-bond donors (Lipinski definition) is 3. The number of ether oxygens (including phenoxy) is 1. The molecule has 1 amide bonds. The van der Waals surface area contributed by atoms with Gasteiger partial charge in [0.1, 0.15) is 0 Å². The van der Waals surface area contributed by atoms with Crippen LogP contribution in [0.3, 0.4) is 0 Å². The molecule has 178 valence electrons. The molecule has 1 heterocycles. The Balaban J connectivity index is 1.64. The van der Waals surface area contributed by atoms with Crippen LogP contribution in [0.5, 0.6) is 0 Å². The SMILES string of the molecule is CCCNC(=O)c1cccc(CN=C(NCC)NCC2(N3CCOCC3)CCCCC2)c1. The van der Waals surface area contributed by atoms with Crippen LogP contribution in [0.2, 0.25) is 0 Å². The third kappa shape index (κ3) is 6.94. The minimum atomic E-state index is -0.0209. The van der Waals surface area contributed by atoms with Crippen molar-refractivity contribution in [2.45, 2.75) is 64.5 Å².